The zero-order valence-corrected chi connectivity index (χ0v) is 19.3. The van der Waals surface area contributed by atoms with Gasteiger partial charge in [0.25, 0.3) is 5.69 Å². The highest BCUT2D eigenvalue weighted by molar-refractivity contribution is 8.01. The van der Waals surface area contributed by atoms with Gasteiger partial charge in [-0.15, -0.1) is 10.2 Å². The van der Waals surface area contributed by atoms with Crippen molar-refractivity contribution in [1.82, 2.24) is 19.4 Å². The van der Waals surface area contributed by atoms with Crippen molar-refractivity contribution >= 4 is 43.9 Å². The van der Waals surface area contributed by atoms with E-state index >= 15 is 0 Å². The molecular formula is C17H22N6O5S3. The molecule has 2 saturated heterocycles. The molecule has 2 aliphatic heterocycles. The molecule has 1 aromatic carbocycles. The van der Waals surface area contributed by atoms with E-state index < -0.39 is 14.9 Å². The first-order valence-electron chi connectivity index (χ1n) is 9.66. The number of sulfonamides is 1. The van der Waals surface area contributed by atoms with Gasteiger partial charge in [0, 0.05) is 45.3 Å². The standard InChI is InChI=1S/C17H22N6O5S3/c1-20-4-6-22(7-5-20)31(26,27)13-2-3-15(14(12-13)23(24)25)29-17-19-18-16(30-17)21-8-10-28-11-9-21/h2-3,12H,4-11H2,1H3. The molecule has 2 fully saturated rings. The van der Waals surface area contributed by atoms with E-state index in [1.54, 1.807) is 0 Å². The van der Waals surface area contributed by atoms with Crippen LogP contribution in [0.15, 0.2) is 32.3 Å². The zero-order chi connectivity index (χ0) is 22.0. The van der Waals surface area contributed by atoms with E-state index in [4.69, 9.17) is 4.74 Å². The first-order valence-corrected chi connectivity index (χ1v) is 12.7. The van der Waals surface area contributed by atoms with Crippen LogP contribution >= 0.6 is 23.1 Å². The second-order valence-electron chi connectivity index (χ2n) is 7.15. The minimum absolute atomic E-state index is 0.0700. The van der Waals surface area contributed by atoms with Crippen molar-refractivity contribution in [3.63, 3.8) is 0 Å². The number of hydrogen-bond acceptors (Lipinski definition) is 11. The topological polar surface area (TPSA) is 122 Å². The monoisotopic (exact) mass is 486 g/mol. The molecule has 0 bridgehead atoms. The molecule has 1 aromatic heterocycles. The Balaban J connectivity index is 1.55. The lowest BCUT2D eigenvalue weighted by Gasteiger charge is -2.31. The van der Waals surface area contributed by atoms with E-state index in [9.17, 15) is 18.5 Å². The summed E-state index contributed by atoms with van der Waals surface area (Å²) < 4.78 is 33.2. The fraction of sp³-hybridized carbons (Fsp3) is 0.529. The lowest BCUT2D eigenvalue weighted by Crippen LogP contribution is -2.47. The molecule has 4 rings (SSSR count). The molecule has 2 aromatic rings. The Bertz CT molecular complexity index is 1050. The molecule has 0 amide bonds. The Morgan fingerprint density at radius 3 is 2.52 bits per heavy atom. The minimum Gasteiger partial charge on any atom is -0.378 e. The number of aromatic nitrogens is 2. The van der Waals surface area contributed by atoms with Crippen molar-refractivity contribution < 1.29 is 18.1 Å². The molecule has 31 heavy (non-hydrogen) atoms. The molecule has 0 aliphatic carbocycles. The highest BCUT2D eigenvalue weighted by Crippen LogP contribution is 2.39. The fourth-order valence-electron chi connectivity index (χ4n) is 3.28. The SMILES string of the molecule is CN1CCN(S(=O)(=O)c2ccc(Sc3nnc(N4CCOCC4)s3)c([N+](=O)[O-])c2)CC1. The van der Waals surface area contributed by atoms with E-state index in [0.717, 1.165) is 36.0 Å². The van der Waals surface area contributed by atoms with E-state index in [1.807, 2.05) is 11.9 Å². The van der Waals surface area contributed by atoms with E-state index in [0.29, 0.717) is 48.6 Å². The first kappa shape index (κ1) is 22.4. The number of piperazine rings is 1. The number of nitro benzene ring substituents is 1. The van der Waals surface area contributed by atoms with Gasteiger partial charge in [-0.2, -0.15) is 4.31 Å². The van der Waals surface area contributed by atoms with Gasteiger partial charge in [0.2, 0.25) is 15.2 Å². The van der Waals surface area contributed by atoms with Gasteiger partial charge < -0.3 is 14.5 Å². The average molecular weight is 487 g/mol. The predicted molar refractivity (Wildman–Crippen MR) is 116 cm³/mol. The number of morpholine rings is 1. The maximum absolute atomic E-state index is 13.0. The smallest absolute Gasteiger partial charge is 0.284 e. The van der Waals surface area contributed by atoms with Crippen LogP contribution in [0.5, 0.6) is 0 Å². The molecule has 14 heteroatoms. The largest absolute Gasteiger partial charge is 0.378 e. The van der Waals surface area contributed by atoms with E-state index in [-0.39, 0.29) is 10.6 Å². The van der Waals surface area contributed by atoms with Crippen molar-refractivity contribution in [2.24, 2.45) is 0 Å². The van der Waals surface area contributed by atoms with Crippen LogP contribution in [-0.2, 0) is 14.8 Å². The summed E-state index contributed by atoms with van der Waals surface area (Å²) in [6.07, 6.45) is 0. The molecule has 168 valence electrons. The fourth-order valence-corrected chi connectivity index (χ4v) is 6.66. The van der Waals surface area contributed by atoms with Gasteiger partial charge in [-0.1, -0.05) is 11.3 Å². The lowest BCUT2D eigenvalue weighted by molar-refractivity contribution is -0.388. The van der Waals surface area contributed by atoms with Crippen molar-refractivity contribution in [3.05, 3.63) is 28.3 Å². The molecule has 0 radical (unpaired) electrons. The van der Waals surface area contributed by atoms with Gasteiger partial charge in [0.15, 0.2) is 4.34 Å². The number of nitrogens with zero attached hydrogens (tertiary/aromatic N) is 6. The number of benzene rings is 1. The Morgan fingerprint density at radius 2 is 1.84 bits per heavy atom. The molecule has 0 unspecified atom stereocenters. The van der Waals surface area contributed by atoms with Gasteiger partial charge in [0.05, 0.1) is 27.9 Å². The third-order valence-electron chi connectivity index (χ3n) is 5.10. The normalized spacial score (nSPS) is 18.9. The summed E-state index contributed by atoms with van der Waals surface area (Å²) in [5.74, 6) is 0. The summed E-state index contributed by atoms with van der Waals surface area (Å²) in [5.41, 5.74) is -0.261. The number of rotatable bonds is 6. The molecule has 11 nitrogen and oxygen atoms in total. The van der Waals surface area contributed by atoms with Crippen molar-refractivity contribution in [3.8, 4) is 0 Å². The second kappa shape index (κ2) is 9.34. The molecular weight excluding hydrogens is 464 g/mol. The van der Waals surface area contributed by atoms with Crippen LogP contribution < -0.4 is 4.90 Å². The minimum atomic E-state index is -3.79. The van der Waals surface area contributed by atoms with Crippen LogP contribution in [0.2, 0.25) is 0 Å². The Hall–Kier alpha value is -1.84. The van der Waals surface area contributed by atoms with Crippen molar-refractivity contribution in [2.75, 3.05) is 64.4 Å². The predicted octanol–water partition coefficient (Wildman–Crippen LogP) is 1.37. The van der Waals surface area contributed by atoms with Gasteiger partial charge in [0.1, 0.15) is 0 Å². The molecule has 2 aliphatic rings. The zero-order valence-electron chi connectivity index (χ0n) is 16.8. The molecule has 3 heterocycles. The average Bonchev–Trinajstić information content (AvgIpc) is 3.23. The summed E-state index contributed by atoms with van der Waals surface area (Å²) in [5, 5.41) is 20.7. The molecule has 0 saturated carbocycles. The first-order chi connectivity index (χ1) is 14.8. The van der Waals surface area contributed by atoms with Crippen molar-refractivity contribution in [2.45, 2.75) is 14.1 Å². The Kier molecular flexibility index (Phi) is 6.74. The van der Waals surface area contributed by atoms with Gasteiger partial charge >= 0.3 is 0 Å². The maximum Gasteiger partial charge on any atom is 0.284 e. The number of anilines is 1. The number of ether oxygens (including phenoxy) is 1. The lowest BCUT2D eigenvalue weighted by atomic mass is 10.3. The van der Waals surface area contributed by atoms with Crippen LogP contribution in [0.3, 0.4) is 0 Å². The number of nitro groups is 1. The highest BCUT2D eigenvalue weighted by atomic mass is 32.2. The third kappa shape index (κ3) is 4.99. The summed E-state index contributed by atoms with van der Waals surface area (Å²) >= 11 is 2.46. The summed E-state index contributed by atoms with van der Waals surface area (Å²) in [6, 6.07) is 4.04. The number of hydrogen-bond donors (Lipinski definition) is 0. The van der Waals surface area contributed by atoms with Crippen molar-refractivity contribution in [1.29, 1.82) is 0 Å². The molecule has 0 spiro atoms. The van der Waals surface area contributed by atoms with Crippen LogP contribution in [0.1, 0.15) is 0 Å². The Labute approximate surface area is 188 Å². The van der Waals surface area contributed by atoms with E-state index in [1.165, 1.54) is 27.8 Å². The second-order valence-corrected chi connectivity index (χ2v) is 11.3. The van der Waals surface area contributed by atoms with Crippen LogP contribution in [0.4, 0.5) is 10.8 Å². The van der Waals surface area contributed by atoms with E-state index in [2.05, 4.69) is 15.1 Å². The molecule has 0 N–H and O–H groups in total. The summed E-state index contributed by atoms with van der Waals surface area (Å²) in [7, 11) is -1.86. The number of likely N-dealkylation sites (N-methyl/N-ethyl adjacent to an activating group) is 1. The third-order valence-corrected chi connectivity index (χ3v) is 9.10. The van der Waals surface area contributed by atoms with Crippen LogP contribution in [0.25, 0.3) is 0 Å². The highest BCUT2D eigenvalue weighted by Gasteiger charge is 2.30. The van der Waals surface area contributed by atoms with Gasteiger partial charge in [-0.3, -0.25) is 10.1 Å². The van der Waals surface area contributed by atoms with Crippen LogP contribution in [0, 0.1) is 10.1 Å². The molecule has 0 atom stereocenters. The van der Waals surface area contributed by atoms with Gasteiger partial charge in [-0.25, -0.2) is 8.42 Å². The maximum atomic E-state index is 13.0. The summed E-state index contributed by atoms with van der Waals surface area (Å²) in [4.78, 5) is 15.5. The quantitative estimate of drug-likeness (QED) is 0.437. The summed E-state index contributed by atoms with van der Waals surface area (Å²) in [6.45, 7) is 4.65. The van der Waals surface area contributed by atoms with Gasteiger partial charge in [-0.05, 0) is 30.9 Å². The van der Waals surface area contributed by atoms with Crippen LogP contribution in [-0.4, -0.2) is 92.3 Å². The Morgan fingerprint density at radius 1 is 1.13 bits per heavy atom.